The fraction of sp³-hybridized carbons (Fsp3) is 0.222. The Morgan fingerprint density at radius 3 is 2.38 bits per heavy atom. The van der Waals surface area contributed by atoms with Crippen LogP contribution in [-0.4, -0.2) is 30.4 Å². The third-order valence-corrected chi connectivity index (χ3v) is 3.64. The zero-order valence-corrected chi connectivity index (χ0v) is 13.8. The van der Waals surface area contributed by atoms with Crippen molar-refractivity contribution in [3.63, 3.8) is 0 Å². The predicted octanol–water partition coefficient (Wildman–Crippen LogP) is 3.45. The molecule has 0 saturated heterocycles. The van der Waals surface area contributed by atoms with E-state index in [2.05, 4.69) is 4.74 Å². The number of halogens is 4. The first-order chi connectivity index (χ1) is 12.3. The van der Waals surface area contributed by atoms with Crippen LogP contribution in [0, 0.1) is 23.3 Å². The Morgan fingerprint density at radius 2 is 1.73 bits per heavy atom. The van der Waals surface area contributed by atoms with Gasteiger partial charge >= 0.3 is 5.97 Å². The molecule has 0 aromatic heterocycles. The number of ether oxygens (including phenoxy) is 1. The fourth-order valence-electron chi connectivity index (χ4n) is 2.28. The highest BCUT2D eigenvalue weighted by molar-refractivity contribution is 5.94. The third-order valence-electron chi connectivity index (χ3n) is 3.64. The van der Waals surface area contributed by atoms with Gasteiger partial charge in [-0.2, -0.15) is 0 Å². The number of methoxy groups -OCH3 is 1. The highest BCUT2D eigenvalue weighted by Gasteiger charge is 2.22. The van der Waals surface area contributed by atoms with Gasteiger partial charge < -0.3 is 9.64 Å². The van der Waals surface area contributed by atoms with E-state index in [1.54, 1.807) is 0 Å². The first-order valence-corrected chi connectivity index (χ1v) is 7.57. The summed E-state index contributed by atoms with van der Waals surface area (Å²) < 4.78 is 58.2. The van der Waals surface area contributed by atoms with Crippen molar-refractivity contribution in [2.75, 3.05) is 13.7 Å². The number of hydrogen-bond donors (Lipinski definition) is 0. The van der Waals surface area contributed by atoms with Gasteiger partial charge in [0.1, 0.15) is 0 Å². The van der Waals surface area contributed by atoms with Crippen LogP contribution in [0.3, 0.4) is 0 Å². The minimum absolute atomic E-state index is 0.180. The molecule has 0 aliphatic carbocycles. The van der Waals surface area contributed by atoms with E-state index < -0.39 is 40.7 Å². The van der Waals surface area contributed by atoms with Crippen LogP contribution in [0.4, 0.5) is 17.6 Å². The summed E-state index contributed by atoms with van der Waals surface area (Å²) in [5.74, 6) is -6.21. The Balaban J connectivity index is 2.30. The molecule has 0 aliphatic heterocycles. The lowest BCUT2D eigenvalue weighted by molar-refractivity contribution is -0.140. The molecule has 0 atom stereocenters. The summed E-state index contributed by atoms with van der Waals surface area (Å²) in [6, 6.07) is 6.14. The van der Waals surface area contributed by atoms with Crippen molar-refractivity contribution in [2.45, 2.75) is 13.0 Å². The standard InChI is InChI=1S/C18H15F4NO3/c1-26-16(24)7-8-23(10-11-5-6-13(19)15(21)9-11)18(25)12-3-2-4-14(20)17(12)22/h2-6,9H,7-8,10H2,1H3. The number of amides is 1. The van der Waals surface area contributed by atoms with Gasteiger partial charge in [-0.15, -0.1) is 0 Å². The van der Waals surface area contributed by atoms with Gasteiger partial charge in [0.15, 0.2) is 23.3 Å². The van der Waals surface area contributed by atoms with Crippen molar-refractivity contribution in [1.29, 1.82) is 0 Å². The second-order valence-electron chi connectivity index (χ2n) is 5.40. The second-order valence-corrected chi connectivity index (χ2v) is 5.40. The van der Waals surface area contributed by atoms with Crippen LogP contribution in [0.5, 0.6) is 0 Å². The van der Waals surface area contributed by atoms with Gasteiger partial charge in [-0.25, -0.2) is 17.6 Å². The number of rotatable bonds is 6. The molecule has 1 amide bonds. The smallest absolute Gasteiger partial charge is 0.307 e. The third kappa shape index (κ3) is 4.59. The molecule has 0 aliphatic rings. The largest absolute Gasteiger partial charge is 0.469 e. The minimum Gasteiger partial charge on any atom is -0.469 e. The van der Waals surface area contributed by atoms with E-state index in [-0.39, 0.29) is 25.1 Å². The van der Waals surface area contributed by atoms with Crippen LogP contribution in [0.25, 0.3) is 0 Å². The molecule has 8 heteroatoms. The Morgan fingerprint density at radius 1 is 1.00 bits per heavy atom. The van der Waals surface area contributed by atoms with Crippen LogP contribution in [-0.2, 0) is 16.1 Å². The monoisotopic (exact) mass is 369 g/mol. The maximum Gasteiger partial charge on any atom is 0.307 e. The molecule has 0 heterocycles. The molecule has 138 valence electrons. The molecule has 0 fully saturated rings. The topological polar surface area (TPSA) is 46.6 Å². The Kier molecular flexibility index (Phi) is 6.32. The quantitative estimate of drug-likeness (QED) is 0.579. The van der Waals surface area contributed by atoms with Gasteiger partial charge in [-0.1, -0.05) is 12.1 Å². The number of benzene rings is 2. The minimum atomic E-state index is -1.33. The van der Waals surface area contributed by atoms with E-state index in [1.807, 2.05) is 0 Å². The zero-order valence-electron chi connectivity index (χ0n) is 13.8. The Bertz CT molecular complexity index is 826. The maximum atomic E-state index is 13.9. The van der Waals surface area contributed by atoms with E-state index in [9.17, 15) is 27.2 Å². The van der Waals surface area contributed by atoms with E-state index >= 15 is 0 Å². The van der Waals surface area contributed by atoms with Crippen molar-refractivity contribution in [3.05, 3.63) is 70.8 Å². The molecular weight excluding hydrogens is 354 g/mol. The van der Waals surface area contributed by atoms with Crippen molar-refractivity contribution in [3.8, 4) is 0 Å². The summed E-state index contributed by atoms with van der Waals surface area (Å²) in [4.78, 5) is 24.9. The van der Waals surface area contributed by atoms with Crippen molar-refractivity contribution >= 4 is 11.9 Å². The number of esters is 1. The number of carbonyl (C=O) groups is 2. The van der Waals surface area contributed by atoms with Crippen molar-refractivity contribution in [2.24, 2.45) is 0 Å². The Hall–Kier alpha value is -2.90. The van der Waals surface area contributed by atoms with Gasteiger partial charge in [0.05, 0.1) is 19.1 Å². The predicted molar refractivity (Wildman–Crippen MR) is 84.1 cm³/mol. The molecular formula is C18H15F4NO3. The molecule has 2 aromatic carbocycles. The van der Waals surface area contributed by atoms with Crippen LogP contribution in [0.1, 0.15) is 22.3 Å². The lowest BCUT2D eigenvalue weighted by Gasteiger charge is -2.23. The zero-order chi connectivity index (χ0) is 19.3. The lowest BCUT2D eigenvalue weighted by atomic mass is 10.1. The summed E-state index contributed by atoms with van der Waals surface area (Å²) in [5, 5.41) is 0. The van der Waals surface area contributed by atoms with Crippen LogP contribution >= 0.6 is 0 Å². The van der Waals surface area contributed by atoms with E-state index in [1.165, 1.54) is 12.1 Å². The highest BCUT2D eigenvalue weighted by Crippen LogP contribution is 2.17. The summed E-state index contributed by atoms with van der Waals surface area (Å²) in [6.07, 6.45) is -0.206. The summed E-state index contributed by atoms with van der Waals surface area (Å²) >= 11 is 0. The van der Waals surface area contributed by atoms with Crippen LogP contribution in [0.15, 0.2) is 36.4 Å². The number of carbonyl (C=O) groups excluding carboxylic acids is 2. The molecule has 4 nitrogen and oxygen atoms in total. The van der Waals surface area contributed by atoms with Gasteiger partial charge in [0.2, 0.25) is 0 Å². The molecule has 0 unspecified atom stereocenters. The first kappa shape index (κ1) is 19.4. The van der Waals surface area contributed by atoms with Crippen LogP contribution < -0.4 is 0 Å². The average Bonchev–Trinajstić information content (AvgIpc) is 2.63. The second kappa shape index (κ2) is 8.46. The number of hydrogen-bond acceptors (Lipinski definition) is 3. The molecule has 0 radical (unpaired) electrons. The summed E-state index contributed by atoms with van der Waals surface area (Å²) in [6.45, 7) is -0.413. The molecule has 0 saturated carbocycles. The molecule has 2 aromatic rings. The van der Waals surface area contributed by atoms with Gasteiger partial charge in [0.25, 0.3) is 5.91 Å². The summed E-state index contributed by atoms with van der Waals surface area (Å²) in [5.41, 5.74) is -0.309. The van der Waals surface area contributed by atoms with Crippen molar-refractivity contribution in [1.82, 2.24) is 4.90 Å². The number of nitrogens with zero attached hydrogens (tertiary/aromatic N) is 1. The van der Waals surface area contributed by atoms with E-state index in [0.717, 1.165) is 36.3 Å². The molecule has 26 heavy (non-hydrogen) atoms. The lowest BCUT2D eigenvalue weighted by Crippen LogP contribution is -2.33. The Labute approximate surface area is 147 Å². The fourth-order valence-corrected chi connectivity index (χ4v) is 2.28. The van der Waals surface area contributed by atoms with E-state index in [4.69, 9.17) is 0 Å². The molecule has 2 rings (SSSR count). The van der Waals surface area contributed by atoms with Gasteiger partial charge in [-0.05, 0) is 29.8 Å². The maximum absolute atomic E-state index is 13.9. The molecule has 0 N–H and O–H groups in total. The van der Waals surface area contributed by atoms with Crippen LogP contribution in [0.2, 0.25) is 0 Å². The van der Waals surface area contributed by atoms with Gasteiger partial charge in [-0.3, -0.25) is 9.59 Å². The van der Waals surface area contributed by atoms with Gasteiger partial charge in [0, 0.05) is 13.1 Å². The van der Waals surface area contributed by atoms with Crippen molar-refractivity contribution < 1.29 is 31.9 Å². The van der Waals surface area contributed by atoms with E-state index in [0.29, 0.717) is 0 Å². The highest BCUT2D eigenvalue weighted by atomic mass is 19.2. The normalized spacial score (nSPS) is 10.5. The SMILES string of the molecule is COC(=O)CCN(Cc1ccc(F)c(F)c1)C(=O)c1cccc(F)c1F. The summed E-state index contributed by atoms with van der Waals surface area (Å²) in [7, 11) is 1.16. The molecule has 0 spiro atoms. The average molecular weight is 369 g/mol. The molecule has 0 bridgehead atoms. The first-order valence-electron chi connectivity index (χ1n) is 7.57.